The van der Waals surface area contributed by atoms with Gasteiger partial charge in [0.2, 0.25) is 0 Å². The first kappa shape index (κ1) is 12.5. The van der Waals surface area contributed by atoms with Gasteiger partial charge in [0.05, 0.1) is 5.69 Å². The van der Waals surface area contributed by atoms with Crippen LogP contribution in [0.25, 0.3) is 11.3 Å². The Labute approximate surface area is 106 Å². The second-order valence-electron chi connectivity index (χ2n) is 4.18. The topological polar surface area (TPSA) is 37.8 Å². The summed E-state index contributed by atoms with van der Waals surface area (Å²) >= 11 is 0. The summed E-state index contributed by atoms with van der Waals surface area (Å²) in [4.78, 5) is 8.61. The molecule has 0 saturated heterocycles. The number of hydrogen-bond donors (Lipinski definition) is 1. The second-order valence-corrected chi connectivity index (χ2v) is 4.18. The quantitative estimate of drug-likeness (QED) is 0.901. The molecular weight excluding hydrogens is 229 g/mol. The fourth-order valence-corrected chi connectivity index (χ4v) is 1.74. The van der Waals surface area contributed by atoms with Crippen molar-refractivity contribution in [3.63, 3.8) is 0 Å². The van der Waals surface area contributed by atoms with Crippen LogP contribution in [0.3, 0.4) is 0 Å². The van der Waals surface area contributed by atoms with Crippen LogP contribution < -0.4 is 5.32 Å². The summed E-state index contributed by atoms with van der Waals surface area (Å²) in [6.45, 7) is 6.37. The number of rotatable bonds is 3. The minimum Gasteiger partial charge on any atom is -0.370 e. The number of benzene rings is 1. The molecule has 0 bridgehead atoms. The number of halogens is 1. The first-order valence-corrected chi connectivity index (χ1v) is 5.96. The van der Waals surface area contributed by atoms with E-state index < -0.39 is 0 Å². The Hall–Kier alpha value is -1.97. The molecule has 1 N–H and O–H groups in total. The molecule has 0 aliphatic rings. The van der Waals surface area contributed by atoms with Gasteiger partial charge in [-0.15, -0.1) is 0 Å². The van der Waals surface area contributed by atoms with E-state index in [2.05, 4.69) is 15.3 Å². The maximum Gasteiger partial charge on any atom is 0.130 e. The van der Waals surface area contributed by atoms with E-state index in [9.17, 15) is 4.39 Å². The number of hydrogen-bond acceptors (Lipinski definition) is 3. The molecule has 4 heteroatoms. The van der Waals surface area contributed by atoms with Crippen LogP contribution in [0.15, 0.2) is 24.3 Å². The van der Waals surface area contributed by atoms with E-state index in [-0.39, 0.29) is 5.82 Å². The number of aryl methyl sites for hydroxylation is 2. The van der Waals surface area contributed by atoms with Gasteiger partial charge in [-0.05, 0) is 32.4 Å². The van der Waals surface area contributed by atoms with Gasteiger partial charge in [0.1, 0.15) is 17.5 Å². The van der Waals surface area contributed by atoms with Crippen molar-refractivity contribution in [3.05, 3.63) is 41.5 Å². The normalized spacial score (nSPS) is 10.4. The molecule has 0 unspecified atom stereocenters. The van der Waals surface area contributed by atoms with Crippen LogP contribution in [0.1, 0.15) is 18.3 Å². The maximum atomic E-state index is 13.6. The molecule has 0 amide bonds. The first-order chi connectivity index (χ1) is 8.60. The monoisotopic (exact) mass is 245 g/mol. The van der Waals surface area contributed by atoms with Crippen molar-refractivity contribution in [1.29, 1.82) is 0 Å². The molecule has 0 fully saturated rings. The van der Waals surface area contributed by atoms with E-state index in [1.54, 1.807) is 13.0 Å². The van der Waals surface area contributed by atoms with E-state index in [4.69, 9.17) is 0 Å². The van der Waals surface area contributed by atoms with Crippen LogP contribution in [-0.4, -0.2) is 16.5 Å². The molecule has 3 nitrogen and oxygen atoms in total. The van der Waals surface area contributed by atoms with Crippen LogP contribution in [0.4, 0.5) is 10.2 Å². The lowest BCUT2D eigenvalue weighted by molar-refractivity contribution is 0.619. The fourth-order valence-electron chi connectivity index (χ4n) is 1.74. The van der Waals surface area contributed by atoms with Crippen molar-refractivity contribution in [2.45, 2.75) is 20.8 Å². The fraction of sp³-hybridized carbons (Fsp3) is 0.286. The Morgan fingerprint density at radius 3 is 2.61 bits per heavy atom. The van der Waals surface area contributed by atoms with Crippen molar-refractivity contribution in [1.82, 2.24) is 9.97 Å². The number of anilines is 1. The zero-order valence-corrected chi connectivity index (χ0v) is 10.8. The molecule has 1 aromatic heterocycles. The van der Waals surface area contributed by atoms with Crippen molar-refractivity contribution >= 4 is 5.82 Å². The molecule has 2 aromatic rings. The van der Waals surface area contributed by atoms with Crippen LogP contribution in [0.2, 0.25) is 0 Å². The largest absolute Gasteiger partial charge is 0.370 e. The summed E-state index contributed by atoms with van der Waals surface area (Å²) in [6, 6.07) is 6.97. The number of nitrogens with zero attached hydrogens (tertiary/aromatic N) is 2. The predicted molar refractivity (Wildman–Crippen MR) is 71.1 cm³/mol. The molecule has 0 radical (unpaired) electrons. The van der Waals surface area contributed by atoms with Gasteiger partial charge >= 0.3 is 0 Å². The minimum absolute atomic E-state index is 0.214. The minimum atomic E-state index is -0.214. The Morgan fingerprint density at radius 2 is 1.94 bits per heavy atom. The molecule has 94 valence electrons. The Balaban J connectivity index is 2.46. The van der Waals surface area contributed by atoms with E-state index >= 15 is 0 Å². The van der Waals surface area contributed by atoms with Gasteiger partial charge in [-0.3, -0.25) is 0 Å². The average Bonchev–Trinajstić information content (AvgIpc) is 2.32. The third kappa shape index (κ3) is 2.64. The highest BCUT2D eigenvalue weighted by Gasteiger charge is 2.06. The Morgan fingerprint density at radius 1 is 1.17 bits per heavy atom. The van der Waals surface area contributed by atoms with Crippen molar-refractivity contribution < 1.29 is 4.39 Å². The summed E-state index contributed by atoms with van der Waals surface area (Å²) in [7, 11) is 0. The van der Waals surface area contributed by atoms with Crippen LogP contribution in [0, 0.1) is 19.7 Å². The molecule has 0 saturated carbocycles. The highest BCUT2D eigenvalue weighted by atomic mass is 19.1. The van der Waals surface area contributed by atoms with E-state index in [0.29, 0.717) is 11.4 Å². The summed E-state index contributed by atoms with van der Waals surface area (Å²) in [5, 5.41) is 3.14. The van der Waals surface area contributed by atoms with Crippen molar-refractivity contribution in [2.75, 3.05) is 11.9 Å². The second kappa shape index (κ2) is 5.12. The van der Waals surface area contributed by atoms with Gasteiger partial charge in [-0.25, -0.2) is 14.4 Å². The zero-order valence-electron chi connectivity index (χ0n) is 10.8. The molecule has 0 spiro atoms. The molecule has 1 heterocycles. The molecule has 2 rings (SSSR count). The van der Waals surface area contributed by atoms with Crippen LogP contribution in [-0.2, 0) is 0 Å². The molecule has 1 aromatic carbocycles. The average molecular weight is 245 g/mol. The van der Waals surface area contributed by atoms with Crippen LogP contribution >= 0.6 is 0 Å². The van der Waals surface area contributed by atoms with Gasteiger partial charge in [0.15, 0.2) is 0 Å². The summed E-state index contributed by atoms with van der Waals surface area (Å²) < 4.78 is 13.6. The predicted octanol–water partition coefficient (Wildman–Crippen LogP) is 3.33. The smallest absolute Gasteiger partial charge is 0.130 e. The van der Waals surface area contributed by atoms with Gasteiger partial charge in [-0.2, -0.15) is 0 Å². The van der Waals surface area contributed by atoms with Gasteiger partial charge in [0.25, 0.3) is 0 Å². The molecule has 0 aliphatic heterocycles. The summed E-state index contributed by atoms with van der Waals surface area (Å²) in [6.07, 6.45) is 0. The third-order valence-corrected chi connectivity index (χ3v) is 2.66. The molecule has 0 atom stereocenters. The zero-order chi connectivity index (χ0) is 13.1. The number of nitrogens with one attached hydrogen (secondary N) is 1. The maximum absolute atomic E-state index is 13.6. The van der Waals surface area contributed by atoms with E-state index in [1.165, 1.54) is 6.07 Å². The lowest BCUT2D eigenvalue weighted by atomic mass is 10.1. The Kier molecular flexibility index (Phi) is 3.55. The third-order valence-electron chi connectivity index (χ3n) is 2.66. The lowest BCUT2D eigenvalue weighted by Gasteiger charge is -2.07. The van der Waals surface area contributed by atoms with Gasteiger partial charge in [0, 0.05) is 18.2 Å². The van der Waals surface area contributed by atoms with Crippen LogP contribution in [0.5, 0.6) is 0 Å². The van der Waals surface area contributed by atoms with E-state index in [1.807, 2.05) is 26.0 Å². The highest BCUT2D eigenvalue weighted by molar-refractivity contribution is 5.63. The lowest BCUT2D eigenvalue weighted by Crippen LogP contribution is -2.02. The SMILES string of the molecule is CCNc1cc(-c2ccc(C)c(F)c2)nc(C)n1. The van der Waals surface area contributed by atoms with Crippen molar-refractivity contribution in [3.8, 4) is 11.3 Å². The molecular formula is C14H16FN3. The van der Waals surface area contributed by atoms with Crippen molar-refractivity contribution in [2.24, 2.45) is 0 Å². The Bertz CT molecular complexity index is 567. The van der Waals surface area contributed by atoms with E-state index in [0.717, 1.165) is 23.6 Å². The van der Waals surface area contributed by atoms with Gasteiger partial charge in [-0.1, -0.05) is 12.1 Å². The first-order valence-electron chi connectivity index (χ1n) is 5.96. The highest BCUT2D eigenvalue weighted by Crippen LogP contribution is 2.22. The number of aromatic nitrogens is 2. The summed E-state index contributed by atoms with van der Waals surface area (Å²) in [5.41, 5.74) is 2.14. The van der Waals surface area contributed by atoms with Gasteiger partial charge < -0.3 is 5.32 Å². The molecule has 0 aliphatic carbocycles. The standard InChI is InChI=1S/C14H16FN3/c1-4-16-14-8-13(17-10(3)18-14)11-6-5-9(2)12(15)7-11/h5-8H,4H2,1-3H3,(H,16,17,18). The summed E-state index contributed by atoms with van der Waals surface area (Å²) in [5.74, 6) is 1.22. The molecule has 18 heavy (non-hydrogen) atoms.